The van der Waals surface area contributed by atoms with Crippen molar-refractivity contribution in [2.75, 3.05) is 62.0 Å². The molecule has 3 fully saturated rings. The highest BCUT2D eigenvalue weighted by Crippen LogP contribution is 2.35. The van der Waals surface area contributed by atoms with E-state index in [2.05, 4.69) is 31.6 Å². The largest absolute Gasteiger partial charge is 0.431 e. The quantitative estimate of drug-likeness (QED) is 0.579. The number of alkyl halides is 4. The highest BCUT2D eigenvalue weighted by atomic mass is 19.3. The minimum absolute atomic E-state index is 0.114. The Balaban J connectivity index is 1.43. The molecule has 2 aromatic heterocycles. The van der Waals surface area contributed by atoms with Crippen LogP contribution < -0.4 is 20.3 Å². The molecule has 0 radical (unpaired) electrons. The van der Waals surface area contributed by atoms with E-state index < -0.39 is 19.1 Å². The summed E-state index contributed by atoms with van der Waals surface area (Å²) in [6.07, 6.45) is 2.09. The molecule has 0 aromatic carbocycles. The van der Waals surface area contributed by atoms with Crippen LogP contribution in [0.4, 0.5) is 35.1 Å². The SMILES string of the molecule is CN(C1CCOC1)C1CN(c2cc(-c3cnc(N)c(OC(F)F)c3)nc(N3CCC(F)(F)C3)n2)C1. The zero-order valence-corrected chi connectivity index (χ0v) is 19.2. The summed E-state index contributed by atoms with van der Waals surface area (Å²) in [4.78, 5) is 18.8. The normalized spacial score (nSPS) is 22.3. The van der Waals surface area contributed by atoms with Crippen molar-refractivity contribution in [3.05, 3.63) is 18.3 Å². The molecule has 0 bridgehead atoms. The van der Waals surface area contributed by atoms with Gasteiger partial charge in [0, 0.05) is 62.6 Å². The first-order valence-electron chi connectivity index (χ1n) is 11.5. The molecule has 0 saturated carbocycles. The zero-order chi connectivity index (χ0) is 24.7. The second-order valence-electron chi connectivity index (χ2n) is 9.17. The molecule has 190 valence electrons. The summed E-state index contributed by atoms with van der Waals surface area (Å²) >= 11 is 0. The molecule has 0 amide bonds. The van der Waals surface area contributed by atoms with Gasteiger partial charge in [0.1, 0.15) is 5.82 Å². The molecule has 0 spiro atoms. The maximum Gasteiger partial charge on any atom is 0.387 e. The molecule has 3 aliphatic rings. The number of aromatic nitrogens is 3. The van der Waals surface area contributed by atoms with Gasteiger partial charge in [-0.3, -0.25) is 4.90 Å². The zero-order valence-electron chi connectivity index (χ0n) is 19.2. The first-order chi connectivity index (χ1) is 16.7. The van der Waals surface area contributed by atoms with E-state index >= 15 is 0 Å². The monoisotopic (exact) mass is 497 g/mol. The van der Waals surface area contributed by atoms with Crippen molar-refractivity contribution in [1.82, 2.24) is 19.9 Å². The van der Waals surface area contributed by atoms with Crippen molar-refractivity contribution in [3.63, 3.8) is 0 Å². The number of halogens is 4. The lowest BCUT2D eigenvalue weighted by molar-refractivity contribution is -0.0494. The number of hydrogen-bond acceptors (Lipinski definition) is 9. The van der Waals surface area contributed by atoms with Crippen LogP contribution in [-0.4, -0.2) is 90.9 Å². The first kappa shape index (κ1) is 23.8. The van der Waals surface area contributed by atoms with Crippen molar-refractivity contribution < 1.29 is 27.0 Å². The summed E-state index contributed by atoms with van der Waals surface area (Å²) in [5, 5.41) is 0. The molecule has 5 heterocycles. The standard InChI is InChI=1S/C22H27F4N7O2/c1-31(14-2-5-34-11-14)15-9-33(10-15)18-7-16(13-6-17(35-20(23)24)19(27)28-8-13)29-21(30-18)32-4-3-22(25,26)12-32/h6-8,14-15,20H,2-5,9-12H2,1H3,(H2,27,28). The van der Waals surface area contributed by atoms with Crippen LogP contribution in [0.5, 0.6) is 5.75 Å². The number of nitrogens with two attached hydrogens (primary N) is 1. The number of nitrogen functional groups attached to an aromatic ring is 1. The van der Waals surface area contributed by atoms with E-state index in [1.165, 1.54) is 17.2 Å². The van der Waals surface area contributed by atoms with Crippen LogP contribution in [0.1, 0.15) is 12.8 Å². The number of anilines is 3. The minimum atomic E-state index is -3.07. The second kappa shape index (κ2) is 9.26. The summed E-state index contributed by atoms with van der Waals surface area (Å²) in [6, 6.07) is 3.70. The summed E-state index contributed by atoms with van der Waals surface area (Å²) in [6.45, 7) is -0.552. The lowest BCUT2D eigenvalue weighted by Crippen LogP contribution is -2.61. The molecule has 0 aliphatic carbocycles. The maximum atomic E-state index is 13.9. The van der Waals surface area contributed by atoms with Crippen molar-refractivity contribution in [1.29, 1.82) is 0 Å². The van der Waals surface area contributed by atoms with E-state index in [4.69, 9.17) is 10.5 Å². The second-order valence-corrected chi connectivity index (χ2v) is 9.17. The number of ether oxygens (including phenoxy) is 2. The lowest BCUT2D eigenvalue weighted by Gasteiger charge is -2.46. The molecule has 3 aliphatic heterocycles. The van der Waals surface area contributed by atoms with Crippen molar-refractivity contribution in [2.24, 2.45) is 0 Å². The predicted octanol–water partition coefficient (Wildman–Crippen LogP) is 2.48. The predicted molar refractivity (Wildman–Crippen MR) is 121 cm³/mol. The molecule has 1 atom stereocenters. The van der Waals surface area contributed by atoms with Crippen molar-refractivity contribution >= 4 is 17.6 Å². The van der Waals surface area contributed by atoms with E-state index in [-0.39, 0.29) is 30.5 Å². The third-order valence-corrected chi connectivity index (χ3v) is 6.79. The van der Waals surface area contributed by atoms with Crippen LogP contribution >= 0.6 is 0 Å². The molecule has 2 aromatic rings. The Labute approximate surface area is 199 Å². The van der Waals surface area contributed by atoms with E-state index in [1.54, 1.807) is 6.07 Å². The number of hydrogen-bond donors (Lipinski definition) is 1. The summed E-state index contributed by atoms with van der Waals surface area (Å²) in [7, 11) is 2.08. The van der Waals surface area contributed by atoms with Crippen molar-refractivity contribution in [2.45, 2.75) is 37.5 Å². The van der Waals surface area contributed by atoms with Gasteiger partial charge in [0.05, 0.1) is 18.8 Å². The Bertz CT molecular complexity index is 1060. The van der Waals surface area contributed by atoms with Crippen LogP contribution in [0.25, 0.3) is 11.3 Å². The van der Waals surface area contributed by atoms with Gasteiger partial charge in [0.15, 0.2) is 11.6 Å². The highest BCUT2D eigenvalue weighted by molar-refractivity contribution is 5.68. The molecule has 1 unspecified atom stereocenters. The maximum absolute atomic E-state index is 13.9. The van der Waals surface area contributed by atoms with E-state index in [1.807, 2.05) is 4.90 Å². The van der Waals surface area contributed by atoms with Gasteiger partial charge in [0.2, 0.25) is 5.95 Å². The molecule has 5 rings (SSSR count). The third-order valence-electron chi connectivity index (χ3n) is 6.79. The average molecular weight is 497 g/mol. The highest BCUT2D eigenvalue weighted by Gasteiger charge is 2.40. The minimum Gasteiger partial charge on any atom is -0.431 e. The number of likely N-dealkylation sites (N-methyl/N-ethyl adjacent to an activating group) is 1. The van der Waals surface area contributed by atoms with E-state index in [0.29, 0.717) is 48.9 Å². The Morgan fingerprint density at radius 1 is 1.20 bits per heavy atom. The fourth-order valence-corrected chi connectivity index (χ4v) is 4.61. The fourth-order valence-electron chi connectivity index (χ4n) is 4.61. The summed E-state index contributed by atoms with van der Waals surface area (Å²) < 4.78 is 63.3. The molecular weight excluding hydrogens is 470 g/mol. The van der Waals surface area contributed by atoms with Gasteiger partial charge in [-0.2, -0.15) is 13.8 Å². The van der Waals surface area contributed by atoms with Gasteiger partial charge in [-0.1, -0.05) is 0 Å². The van der Waals surface area contributed by atoms with Gasteiger partial charge in [-0.15, -0.1) is 0 Å². The molecular formula is C22H27F4N7O2. The Morgan fingerprint density at radius 3 is 2.66 bits per heavy atom. The first-order valence-corrected chi connectivity index (χ1v) is 11.5. The van der Waals surface area contributed by atoms with Gasteiger partial charge in [0.25, 0.3) is 5.92 Å². The number of pyridine rings is 1. The van der Waals surface area contributed by atoms with Crippen LogP contribution in [0.3, 0.4) is 0 Å². The number of rotatable bonds is 7. The van der Waals surface area contributed by atoms with Crippen LogP contribution in [-0.2, 0) is 4.74 Å². The molecule has 2 N–H and O–H groups in total. The number of nitrogens with zero attached hydrogens (tertiary/aromatic N) is 6. The van der Waals surface area contributed by atoms with Gasteiger partial charge < -0.3 is 25.0 Å². The van der Waals surface area contributed by atoms with E-state index in [9.17, 15) is 17.6 Å². The Hall–Kier alpha value is -2.93. The van der Waals surface area contributed by atoms with Gasteiger partial charge in [-0.05, 0) is 19.5 Å². The van der Waals surface area contributed by atoms with Crippen molar-refractivity contribution in [3.8, 4) is 17.0 Å². The summed E-state index contributed by atoms with van der Waals surface area (Å²) in [5.41, 5.74) is 6.38. The fraction of sp³-hybridized carbons (Fsp3) is 0.591. The molecule has 35 heavy (non-hydrogen) atoms. The summed E-state index contributed by atoms with van der Waals surface area (Å²) in [5.74, 6) is -2.57. The third kappa shape index (κ3) is 5.06. The Morgan fingerprint density at radius 2 is 2.00 bits per heavy atom. The Kier molecular flexibility index (Phi) is 6.30. The smallest absolute Gasteiger partial charge is 0.387 e. The molecule has 3 saturated heterocycles. The van der Waals surface area contributed by atoms with Crippen LogP contribution in [0, 0.1) is 0 Å². The van der Waals surface area contributed by atoms with Crippen LogP contribution in [0.15, 0.2) is 18.3 Å². The van der Waals surface area contributed by atoms with Gasteiger partial charge >= 0.3 is 6.61 Å². The topological polar surface area (TPSA) is 92.9 Å². The van der Waals surface area contributed by atoms with Gasteiger partial charge in [-0.25, -0.2) is 18.7 Å². The molecule has 13 heteroatoms. The van der Waals surface area contributed by atoms with E-state index in [0.717, 1.165) is 13.0 Å². The average Bonchev–Trinajstić information content (AvgIpc) is 3.43. The lowest BCUT2D eigenvalue weighted by atomic mass is 10.0. The van der Waals surface area contributed by atoms with Crippen LogP contribution in [0.2, 0.25) is 0 Å². The molecule has 9 nitrogen and oxygen atoms in total.